The summed E-state index contributed by atoms with van der Waals surface area (Å²) in [6.45, 7) is 10.1. The summed E-state index contributed by atoms with van der Waals surface area (Å²) >= 11 is 0. The van der Waals surface area contributed by atoms with E-state index in [-0.39, 0.29) is 18.8 Å². The normalized spacial score (nSPS) is 14.9. The van der Waals surface area contributed by atoms with Gasteiger partial charge in [-0.05, 0) is 50.0 Å². The number of aliphatic carboxylic acids is 2. The number of carbonyl (C=O) groups excluding carboxylic acids is 8. The highest BCUT2D eigenvalue weighted by Crippen LogP contribution is 2.11. The van der Waals surface area contributed by atoms with Gasteiger partial charge >= 0.3 is 11.9 Å². The molecule has 0 saturated heterocycles. The van der Waals surface area contributed by atoms with Gasteiger partial charge in [0.2, 0.25) is 47.3 Å². The molecule has 57 heavy (non-hydrogen) atoms. The molecule has 22 nitrogen and oxygen atoms in total. The lowest BCUT2D eigenvalue weighted by molar-refractivity contribution is -0.144. The van der Waals surface area contributed by atoms with Crippen molar-refractivity contribution >= 4 is 59.2 Å². The molecule has 16 N–H and O–H groups in total. The Bertz CT molecular complexity index is 1440. The highest BCUT2D eigenvalue weighted by atomic mass is 16.4. The van der Waals surface area contributed by atoms with E-state index in [2.05, 4.69) is 31.9 Å². The van der Waals surface area contributed by atoms with Crippen molar-refractivity contribution in [2.75, 3.05) is 6.54 Å². The van der Waals surface area contributed by atoms with Crippen LogP contribution >= 0.6 is 0 Å². The highest BCUT2D eigenvalue weighted by molar-refractivity contribution is 5.98. The number of carboxylic acids is 2. The van der Waals surface area contributed by atoms with Gasteiger partial charge < -0.3 is 65.0 Å². The molecule has 0 unspecified atom stereocenters. The molecule has 0 aromatic heterocycles. The van der Waals surface area contributed by atoms with Gasteiger partial charge in [-0.2, -0.15) is 0 Å². The number of hydrogen-bond donors (Lipinski definition) is 12. The minimum absolute atomic E-state index is 0.118. The van der Waals surface area contributed by atoms with Crippen molar-refractivity contribution in [3.8, 4) is 0 Å². The van der Waals surface area contributed by atoms with Gasteiger partial charge in [-0.1, -0.05) is 48.0 Å². The van der Waals surface area contributed by atoms with Gasteiger partial charge in [0.1, 0.15) is 36.3 Å². The lowest BCUT2D eigenvalue weighted by Crippen LogP contribution is -2.61. The molecule has 0 aromatic carbocycles. The van der Waals surface area contributed by atoms with Crippen molar-refractivity contribution < 1.29 is 58.2 Å². The van der Waals surface area contributed by atoms with Crippen LogP contribution in [0.4, 0.5) is 0 Å². The standard InChI is InChI=1S/C35H62N10O12/c1-16(2)13-21(41-29(50)19(37)9-7-8-12-36)31(52)40-20(10-11-24(38)46)30(51)42-22(15-26(48)49)32(53)44-28(18(5)6)34(55)45-27(17(3)4)33(54)43-23(35(56)57)14-25(39)47/h16-23,27-28H,7-15,36-37H2,1-6H3,(H2,38,46)(H2,39,47)(H,40,52)(H,41,50)(H,42,51)(H,43,54)(H,44,53)(H,45,55)(H,48,49)(H,56,57)/t19-,20-,21-,22-,23-,27-,28-/m0/s1. The van der Waals surface area contributed by atoms with Crippen LogP contribution in [0.2, 0.25) is 0 Å². The Labute approximate surface area is 331 Å². The number of nitrogens with one attached hydrogen (secondary N) is 6. The van der Waals surface area contributed by atoms with Crippen LogP contribution in [0.25, 0.3) is 0 Å². The second-order valence-corrected chi connectivity index (χ2v) is 14.8. The maximum absolute atomic E-state index is 13.6. The van der Waals surface area contributed by atoms with Gasteiger partial charge in [-0.15, -0.1) is 0 Å². The SMILES string of the molecule is CC(C)C[C@H](NC(=O)[C@@H](N)CCCCN)C(=O)N[C@@H](CCC(N)=O)C(=O)N[C@@H](CC(=O)O)C(=O)N[C@H](C(=O)N[C@H](C(=O)N[C@@H](CC(N)=O)C(=O)O)C(C)C)C(C)C. The predicted octanol–water partition coefficient (Wildman–Crippen LogP) is -3.59. The van der Waals surface area contributed by atoms with Crippen molar-refractivity contribution in [1.82, 2.24) is 31.9 Å². The van der Waals surface area contributed by atoms with Crippen LogP contribution in [0.5, 0.6) is 0 Å². The fourth-order valence-corrected chi connectivity index (χ4v) is 5.33. The molecule has 22 heteroatoms. The first kappa shape index (κ1) is 51.6. The maximum atomic E-state index is 13.6. The Balaban J connectivity index is 6.28. The Morgan fingerprint density at radius 1 is 0.526 bits per heavy atom. The molecule has 324 valence electrons. The molecule has 0 aliphatic carbocycles. The summed E-state index contributed by atoms with van der Waals surface area (Å²) in [7, 11) is 0. The summed E-state index contributed by atoms with van der Waals surface area (Å²) in [5.74, 6) is -12.0. The number of carbonyl (C=O) groups is 10. The number of primary amides is 2. The lowest BCUT2D eigenvalue weighted by atomic mass is 9.98. The van der Waals surface area contributed by atoms with Gasteiger partial charge in [0.15, 0.2) is 0 Å². The minimum atomic E-state index is -1.84. The monoisotopic (exact) mass is 814 g/mol. The van der Waals surface area contributed by atoms with E-state index in [1.54, 1.807) is 13.8 Å². The maximum Gasteiger partial charge on any atom is 0.326 e. The fourth-order valence-electron chi connectivity index (χ4n) is 5.33. The Kier molecular flexibility index (Phi) is 23.3. The van der Waals surface area contributed by atoms with Crippen molar-refractivity contribution in [2.24, 2.45) is 40.7 Å². The average molecular weight is 815 g/mol. The van der Waals surface area contributed by atoms with Crippen LogP contribution in [0.3, 0.4) is 0 Å². The van der Waals surface area contributed by atoms with Gasteiger partial charge in [0.25, 0.3) is 0 Å². The van der Waals surface area contributed by atoms with Crippen LogP contribution in [0.1, 0.15) is 92.9 Å². The van der Waals surface area contributed by atoms with Crippen molar-refractivity contribution in [3.63, 3.8) is 0 Å². The topological polar surface area (TPSA) is 387 Å². The molecule has 8 amide bonds. The summed E-state index contributed by atoms with van der Waals surface area (Å²) in [6.07, 6.45) is -0.907. The Morgan fingerprint density at radius 3 is 1.44 bits per heavy atom. The van der Waals surface area contributed by atoms with E-state index < -0.39 is 133 Å². The molecule has 0 aliphatic heterocycles. The van der Waals surface area contributed by atoms with Crippen LogP contribution in [0, 0.1) is 17.8 Å². The zero-order valence-corrected chi connectivity index (χ0v) is 33.4. The van der Waals surface area contributed by atoms with Gasteiger partial charge in [-0.25, -0.2) is 4.79 Å². The van der Waals surface area contributed by atoms with E-state index in [0.29, 0.717) is 25.8 Å². The van der Waals surface area contributed by atoms with E-state index >= 15 is 0 Å². The summed E-state index contributed by atoms with van der Waals surface area (Å²) in [6, 6.07) is -10.0. The molecule has 0 spiro atoms. The van der Waals surface area contributed by atoms with Crippen molar-refractivity contribution in [3.05, 3.63) is 0 Å². The molecular weight excluding hydrogens is 752 g/mol. The second kappa shape index (κ2) is 25.7. The minimum Gasteiger partial charge on any atom is -0.481 e. The smallest absolute Gasteiger partial charge is 0.326 e. The lowest BCUT2D eigenvalue weighted by Gasteiger charge is -2.29. The third kappa shape index (κ3) is 20.4. The first-order chi connectivity index (χ1) is 26.4. The largest absolute Gasteiger partial charge is 0.481 e. The average Bonchev–Trinajstić information content (AvgIpc) is 3.08. The summed E-state index contributed by atoms with van der Waals surface area (Å²) in [5.41, 5.74) is 21.9. The predicted molar refractivity (Wildman–Crippen MR) is 204 cm³/mol. The first-order valence-corrected chi connectivity index (χ1v) is 18.7. The van der Waals surface area contributed by atoms with E-state index in [1.165, 1.54) is 27.7 Å². The molecule has 0 aliphatic rings. The van der Waals surface area contributed by atoms with E-state index in [9.17, 15) is 58.2 Å². The van der Waals surface area contributed by atoms with Crippen molar-refractivity contribution in [1.29, 1.82) is 0 Å². The van der Waals surface area contributed by atoms with Crippen LogP contribution in [0.15, 0.2) is 0 Å². The highest BCUT2D eigenvalue weighted by Gasteiger charge is 2.36. The number of carboxylic acid groups (broad SMARTS) is 2. The van der Waals surface area contributed by atoms with Crippen molar-refractivity contribution in [2.45, 2.75) is 135 Å². The molecule has 0 radical (unpaired) electrons. The van der Waals surface area contributed by atoms with Crippen LogP contribution in [-0.4, -0.2) is 118 Å². The van der Waals surface area contributed by atoms with E-state index in [4.69, 9.17) is 22.9 Å². The van der Waals surface area contributed by atoms with Crippen LogP contribution in [-0.2, 0) is 47.9 Å². The summed E-state index contributed by atoms with van der Waals surface area (Å²) in [5, 5.41) is 33.2. The molecule has 0 heterocycles. The molecular formula is C35H62N10O12. The zero-order valence-electron chi connectivity index (χ0n) is 33.4. The fraction of sp³-hybridized carbons (Fsp3) is 0.714. The van der Waals surface area contributed by atoms with E-state index in [0.717, 1.165) is 0 Å². The number of hydrogen-bond acceptors (Lipinski definition) is 12. The third-order valence-corrected chi connectivity index (χ3v) is 8.48. The Morgan fingerprint density at radius 2 is 0.982 bits per heavy atom. The quantitative estimate of drug-likeness (QED) is 0.0340. The molecule has 0 aromatic rings. The number of rotatable bonds is 28. The van der Waals surface area contributed by atoms with E-state index in [1.807, 2.05) is 0 Å². The molecule has 0 rings (SSSR count). The van der Waals surface area contributed by atoms with Gasteiger partial charge in [0, 0.05) is 6.42 Å². The molecule has 0 saturated carbocycles. The Hall–Kier alpha value is -5.38. The first-order valence-electron chi connectivity index (χ1n) is 18.7. The molecule has 0 bridgehead atoms. The van der Waals surface area contributed by atoms with Gasteiger partial charge in [0.05, 0.1) is 18.9 Å². The number of amides is 8. The molecule has 7 atom stereocenters. The van der Waals surface area contributed by atoms with Gasteiger partial charge in [-0.3, -0.25) is 43.2 Å². The molecule has 0 fully saturated rings. The summed E-state index contributed by atoms with van der Waals surface area (Å²) in [4.78, 5) is 126. The number of unbranched alkanes of at least 4 members (excludes halogenated alkanes) is 1. The summed E-state index contributed by atoms with van der Waals surface area (Å²) < 4.78 is 0. The second-order valence-electron chi connectivity index (χ2n) is 14.8. The third-order valence-electron chi connectivity index (χ3n) is 8.48. The number of nitrogens with two attached hydrogens (primary N) is 4. The van der Waals surface area contributed by atoms with Crippen LogP contribution < -0.4 is 54.8 Å². The zero-order chi connectivity index (χ0) is 44.2.